The minimum absolute atomic E-state index is 0.731. The fraction of sp³-hybridized carbons (Fsp3) is 0.286. The van der Waals surface area contributed by atoms with E-state index in [9.17, 15) is 5.11 Å². The molecule has 0 aliphatic heterocycles. The SMILES string of the molecule is CC(C)(O)C(C)(C)O[B]c1cccc2oc3cc4ncccc4cc3c12. The van der Waals surface area contributed by atoms with Gasteiger partial charge in [-0.2, -0.15) is 0 Å². The second-order valence-electron chi connectivity index (χ2n) is 7.67. The van der Waals surface area contributed by atoms with Crippen molar-refractivity contribution in [1.29, 1.82) is 0 Å². The molecule has 0 saturated heterocycles. The summed E-state index contributed by atoms with van der Waals surface area (Å²) in [6.07, 6.45) is 1.78. The molecule has 4 nitrogen and oxygen atoms in total. The fourth-order valence-electron chi connectivity index (χ4n) is 2.87. The van der Waals surface area contributed by atoms with Gasteiger partial charge in [0.05, 0.1) is 16.7 Å². The summed E-state index contributed by atoms with van der Waals surface area (Å²) < 4.78 is 12.0. The molecule has 0 aliphatic rings. The molecule has 2 aromatic carbocycles. The largest absolute Gasteiger partial charge is 0.456 e. The van der Waals surface area contributed by atoms with Crippen molar-refractivity contribution in [3.05, 3.63) is 48.7 Å². The number of benzene rings is 2. The van der Waals surface area contributed by atoms with Crippen LogP contribution in [0.25, 0.3) is 32.8 Å². The van der Waals surface area contributed by atoms with Crippen molar-refractivity contribution in [2.75, 3.05) is 0 Å². The average molecular weight is 346 g/mol. The Bertz CT molecular complexity index is 1110. The average Bonchev–Trinajstić information content (AvgIpc) is 2.95. The van der Waals surface area contributed by atoms with E-state index in [0.717, 1.165) is 38.3 Å². The first-order valence-electron chi connectivity index (χ1n) is 8.70. The van der Waals surface area contributed by atoms with E-state index in [1.807, 2.05) is 50.2 Å². The van der Waals surface area contributed by atoms with E-state index in [-0.39, 0.29) is 0 Å². The minimum atomic E-state index is -0.974. The van der Waals surface area contributed by atoms with Crippen molar-refractivity contribution in [2.45, 2.75) is 38.9 Å². The number of rotatable bonds is 4. The summed E-state index contributed by atoms with van der Waals surface area (Å²) in [6.45, 7) is 7.23. The van der Waals surface area contributed by atoms with Crippen molar-refractivity contribution in [2.24, 2.45) is 0 Å². The zero-order valence-electron chi connectivity index (χ0n) is 15.4. The number of hydrogen-bond donors (Lipinski definition) is 1. The van der Waals surface area contributed by atoms with E-state index in [0.29, 0.717) is 0 Å². The molecule has 0 unspecified atom stereocenters. The predicted octanol–water partition coefficient (Wildman–Crippen LogP) is 3.94. The van der Waals surface area contributed by atoms with Gasteiger partial charge in [-0.05, 0) is 51.4 Å². The zero-order valence-corrected chi connectivity index (χ0v) is 15.4. The maximum absolute atomic E-state index is 10.3. The minimum Gasteiger partial charge on any atom is -0.456 e. The highest BCUT2D eigenvalue weighted by atomic mass is 16.5. The maximum atomic E-state index is 10.3. The van der Waals surface area contributed by atoms with E-state index in [1.165, 1.54) is 0 Å². The van der Waals surface area contributed by atoms with Crippen LogP contribution in [-0.2, 0) is 4.65 Å². The van der Waals surface area contributed by atoms with Crippen molar-refractivity contribution in [3.63, 3.8) is 0 Å². The lowest BCUT2D eigenvalue weighted by atomic mass is 9.80. The van der Waals surface area contributed by atoms with Crippen LogP contribution in [0.4, 0.5) is 0 Å². The smallest absolute Gasteiger partial charge is 0.331 e. The van der Waals surface area contributed by atoms with Crippen LogP contribution in [0.3, 0.4) is 0 Å². The Hall–Kier alpha value is -2.37. The summed E-state index contributed by atoms with van der Waals surface area (Å²) in [5.74, 6) is 0. The molecule has 26 heavy (non-hydrogen) atoms. The number of aliphatic hydroxyl groups is 1. The quantitative estimate of drug-likeness (QED) is 0.569. The van der Waals surface area contributed by atoms with Crippen LogP contribution in [0, 0.1) is 0 Å². The second-order valence-corrected chi connectivity index (χ2v) is 7.67. The number of aromatic nitrogens is 1. The van der Waals surface area contributed by atoms with E-state index >= 15 is 0 Å². The first-order valence-corrected chi connectivity index (χ1v) is 8.70. The Labute approximate surface area is 153 Å². The highest BCUT2D eigenvalue weighted by Gasteiger charge is 2.36. The summed E-state index contributed by atoms with van der Waals surface area (Å²) in [5.41, 5.74) is 1.72. The molecule has 0 amide bonds. The van der Waals surface area contributed by atoms with Gasteiger partial charge in [0.2, 0.25) is 0 Å². The normalized spacial score (nSPS) is 13.0. The number of furan rings is 1. The van der Waals surface area contributed by atoms with Gasteiger partial charge >= 0.3 is 7.48 Å². The molecule has 2 aromatic heterocycles. The first kappa shape index (κ1) is 17.1. The molecule has 1 radical (unpaired) electrons. The number of hydrogen-bond acceptors (Lipinski definition) is 4. The molecule has 0 bridgehead atoms. The zero-order chi connectivity index (χ0) is 18.5. The number of pyridine rings is 1. The molecular formula is C21H21BNO3. The molecule has 131 valence electrons. The third kappa shape index (κ3) is 2.77. The van der Waals surface area contributed by atoms with Gasteiger partial charge in [0.25, 0.3) is 0 Å². The van der Waals surface area contributed by atoms with Gasteiger partial charge in [0.1, 0.15) is 11.2 Å². The lowest BCUT2D eigenvalue weighted by molar-refractivity contribution is -0.0893. The molecule has 0 spiro atoms. The van der Waals surface area contributed by atoms with Crippen LogP contribution in [0.15, 0.2) is 53.1 Å². The lowest BCUT2D eigenvalue weighted by Crippen LogP contribution is -2.49. The first-order chi connectivity index (χ1) is 12.3. The van der Waals surface area contributed by atoms with Crippen LogP contribution in [-0.4, -0.2) is 28.8 Å². The molecule has 0 fully saturated rings. The Morgan fingerprint density at radius 2 is 1.85 bits per heavy atom. The number of fused-ring (bicyclic) bond motifs is 4. The van der Waals surface area contributed by atoms with Crippen molar-refractivity contribution in [3.8, 4) is 0 Å². The van der Waals surface area contributed by atoms with E-state index in [4.69, 9.17) is 9.07 Å². The summed E-state index contributed by atoms with van der Waals surface area (Å²) in [4.78, 5) is 4.40. The van der Waals surface area contributed by atoms with Crippen LogP contribution in [0.5, 0.6) is 0 Å². The van der Waals surface area contributed by atoms with Crippen LogP contribution < -0.4 is 5.46 Å². The molecule has 2 heterocycles. The molecule has 5 heteroatoms. The standard InChI is InChI=1S/C21H21BNO3/c1-20(2,24)21(3,4)26-22-15-8-5-9-17-19(15)14-11-13-7-6-10-23-16(13)12-18(14)25-17/h5-12,24H,1-4H3. The van der Waals surface area contributed by atoms with Crippen LogP contribution in [0.1, 0.15) is 27.7 Å². The third-order valence-corrected chi connectivity index (χ3v) is 5.21. The van der Waals surface area contributed by atoms with Gasteiger partial charge in [-0.25, -0.2) is 0 Å². The monoisotopic (exact) mass is 346 g/mol. The Morgan fingerprint density at radius 3 is 2.62 bits per heavy atom. The molecule has 4 aromatic rings. The van der Waals surface area contributed by atoms with Gasteiger partial charge in [0, 0.05) is 28.4 Å². The Balaban J connectivity index is 1.84. The number of nitrogens with zero attached hydrogens (tertiary/aromatic N) is 1. The van der Waals surface area contributed by atoms with E-state index in [2.05, 4.69) is 11.1 Å². The highest BCUT2D eigenvalue weighted by molar-refractivity contribution is 6.53. The third-order valence-electron chi connectivity index (χ3n) is 5.21. The maximum Gasteiger partial charge on any atom is 0.331 e. The summed E-state index contributed by atoms with van der Waals surface area (Å²) in [6, 6.07) is 13.9. The summed E-state index contributed by atoms with van der Waals surface area (Å²) in [5, 5.41) is 13.4. The molecule has 0 aliphatic carbocycles. The van der Waals surface area contributed by atoms with Crippen molar-refractivity contribution < 1.29 is 14.2 Å². The summed E-state index contributed by atoms with van der Waals surface area (Å²) >= 11 is 0. The van der Waals surface area contributed by atoms with Crippen LogP contribution in [0.2, 0.25) is 0 Å². The Morgan fingerprint density at radius 1 is 1.04 bits per heavy atom. The Kier molecular flexibility index (Phi) is 3.83. The van der Waals surface area contributed by atoms with Gasteiger partial charge in [0.15, 0.2) is 0 Å². The van der Waals surface area contributed by atoms with Crippen LogP contribution >= 0.6 is 0 Å². The topological polar surface area (TPSA) is 55.5 Å². The molecule has 0 atom stereocenters. The lowest BCUT2D eigenvalue weighted by Gasteiger charge is -2.37. The highest BCUT2D eigenvalue weighted by Crippen LogP contribution is 2.31. The molecule has 1 N–H and O–H groups in total. The van der Waals surface area contributed by atoms with Gasteiger partial charge in [-0.15, -0.1) is 0 Å². The predicted molar refractivity (Wildman–Crippen MR) is 106 cm³/mol. The van der Waals surface area contributed by atoms with Gasteiger partial charge < -0.3 is 14.2 Å². The molecule has 4 rings (SSSR count). The fourth-order valence-corrected chi connectivity index (χ4v) is 2.87. The second kappa shape index (κ2) is 5.83. The van der Waals surface area contributed by atoms with Gasteiger partial charge in [-0.3, -0.25) is 4.98 Å². The summed E-state index contributed by atoms with van der Waals surface area (Å²) in [7, 11) is 1.71. The van der Waals surface area contributed by atoms with E-state index in [1.54, 1.807) is 27.5 Å². The van der Waals surface area contributed by atoms with Crippen molar-refractivity contribution in [1.82, 2.24) is 4.98 Å². The van der Waals surface area contributed by atoms with Gasteiger partial charge in [-0.1, -0.05) is 18.2 Å². The molecular weight excluding hydrogens is 325 g/mol. The molecule has 0 saturated carbocycles. The van der Waals surface area contributed by atoms with Crippen molar-refractivity contribution >= 4 is 45.8 Å². The van der Waals surface area contributed by atoms with E-state index < -0.39 is 11.2 Å².